The molecular formula is C7H9ClO2. The molecule has 0 saturated carbocycles. The van der Waals surface area contributed by atoms with Gasteiger partial charge in [0.15, 0.2) is 5.78 Å². The molecule has 0 fully saturated rings. The summed E-state index contributed by atoms with van der Waals surface area (Å²) in [7, 11) is 0. The van der Waals surface area contributed by atoms with Crippen LogP contribution in [-0.2, 0) is 4.79 Å². The number of aliphatic hydroxyl groups is 1. The Bertz CT molecular complexity index is 194. The van der Waals surface area contributed by atoms with E-state index in [1.165, 1.54) is 0 Å². The number of hydrogen-bond donors (Lipinski definition) is 1. The van der Waals surface area contributed by atoms with Crippen LogP contribution in [0.25, 0.3) is 0 Å². The van der Waals surface area contributed by atoms with Gasteiger partial charge in [-0.2, -0.15) is 0 Å². The van der Waals surface area contributed by atoms with Crippen LogP contribution in [0, 0.1) is 0 Å². The predicted octanol–water partition coefficient (Wildman–Crippen LogP) is 1.22. The average molecular weight is 161 g/mol. The number of rotatable bonds is 1. The van der Waals surface area contributed by atoms with Crippen molar-refractivity contribution in [2.45, 2.75) is 25.9 Å². The summed E-state index contributed by atoms with van der Waals surface area (Å²) in [5.41, 5.74) is 0.687. The van der Waals surface area contributed by atoms with E-state index in [4.69, 9.17) is 16.7 Å². The van der Waals surface area contributed by atoms with Crippen molar-refractivity contribution in [3.63, 3.8) is 0 Å². The van der Waals surface area contributed by atoms with Gasteiger partial charge in [-0.05, 0) is 18.9 Å². The summed E-state index contributed by atoms with van der Waals surface area (Å²) in [5, 5.41) is 9.29. The van der Waals surface area contributed by atoms with Crippen LogP contribution in [0.4, 0.5) is 0 Å². The lowest BCUT2D eigenvalue weighted by atomic mass is 10.1. The Kier molecular flexibility index (Phi) is 2.11. The van der Waals surface area contributed by atoms with Crippen LogP contribution in [0.1, 0.15) is 19.8 Å². The maximum Gasteiger partial charge on any atom is 0.174 e. The third-order valence-electron chi connectivity index (χ3n) is 1.65. The second-order valence-electron chi connectivity index (χ2n) is 2.44. The summed E-state index contributed by atoms with van der Waals surface area (Å²) in [5.74, 6) is -0.0439. The fourth-order valence-electron chi connectivity index (χ4n) is 1.04. The Labute approximate surface area is 64.5 Å². The van der Waals surface area contributed by atoms with Gasteiger partial charge in [0.2, 0.25) is 0 Å². The van der Waals surface area contributed by atoms with Gasteiger partial charge >= 0.3 is 0 Å². The lowest BCUT2D eigenvalue weighted by molar-refractivity contribution is -0.114. The lowest BCUT2D eigenvalue weighted by Gasteiger charge is -2.03. The van der Waals surface area contributed by atoms with Gasteiger partial charge in [0.05, 0.1) is 11.1 Å². The van der Waals surface area contributed by atoms with Gasteiger partial charge in [-0.1, -0.05) is 11.6 Å². The highest BCUT2D eigenvalue weighted by atomic mass is 35.5. The van der Waals surface area contributed by atoms with Gasteiger partial charge in [0, 0.05) is 6.42 Å². The first kappa shape index (κ1) is 7.76. The smallest absolute Gasteiger partial charge is 0.174 e. The summed E-state index contributed by atoms with van der Waals surface area (Å²) in [6, 6.07) is 0. The van der Waals surface area contributed by atoms with E-state index < -0.39 is 6.10 Å². The molecule has 0 bridgehead atoms. The Morgan fingerprint density at radius 3 is 2.40 bits per heavy atom. The van der Waals surface area contributed by atoms with Crippen molar-refractivity contribution in [1.82, 2.24) is 0 Å². The molecule has 0 aromatic heterocycles. The minimum absolute atomic E-state index is 0.0439. The second kappa shape index (κ2) is 2.72. The van der Waals surface area contributed by atoms with Crippen molar-refractivity contribution in [1.29, 1.82) is 0 Å². The fourth-order valence-corrected chi connectivity index (χ4v) is 1.39. The third kappa shape index (κ3) is 1.22. The van der Waals surface area contributed by atoms with Crippen molar-refractivity contribution < 1.29 is 9.90 Å². The first-order valence-corrected chi connectivity index (χ1v) is 3.60. The Morgan fingerprint density at radius 2 is 2.20 bits per heavy atom. The maximum absolute atomic E-state index is 10.8. The molecule has 3 heteroatoms. The van der Waals surface area contributed by atoms with E-state index in [9.17, 15) is 4.79 Å². The van der Waals surface area contributed by atoms with Crippen molar-refractivity contribution in [2.24, 2.45) is 0 Å². The highest BCUT2D eigenvalue weighted by Crippen LogP contribution is 2.27. The zero-order valence-corrected chi connectivity index (χ0v) is 6.48. The van der Waals surface area contributed by atoms with Crippen molar-refractivity contribution >= 4 is 17.4 Å². The molecule has 1 unspecified atom stereocenters. The maximum atomic E-state index is 10.8. The van der Waals surface area contributed by atoms with Gasteiger partial charge in [-0.3, -0.25) is 4.79 Å². The zero-order chi connectivity index (χ0) is 7.72. The Balaban J connectivity index is 2.85. The number of allylic oxidation sites excluding steroid dienone is 1. The molecule has 0 aliphatic heterocycles. The van der Waals surface area contributed by atoms with Crippen molar-refractivity contribution in [3.8, 4) is 0 Å². The molecule has 10 heavy (non-hydrogen) atoms. The van der Waals surface area contributed by atoms with Gasteiger partial charge in [0.1, 0.15) is 0 Å². The minimum atomic E-state index is -0.570. The molecule has 1 atom stereocenters. The van der Waals surface area contributed by atoms with E-state index in [2.05, 4.69) is 0 Å². The van der Waals surface area contributed by atoms with Crippen LogP contribution in [0.2, 0.25) is 0 Å². The van der Waals surface area contributed by atoms with E-state index >= 15 is 0 Å². The molecule has 0 spiro atoms. The first-order valence-electron chi connectivity index (χ1n) is 3.22. The third-order valence-corrected chi connectivity index (χ3v) is 2.11. The molecule has 0 heterocycles. The molecule has 1 rings (SSSR count). The van der Waals surface area contributed by atoms with E-state index in [0.717, 1.165) is 0 Å². The standard InChI is InChI=1S/C7H9ClO2/c1-4(9)5-2-3-6(10)7(5)8/h4,9H,2-3H2,1H3. The first-order chi connectivity index (χ1) is 4.63. The molecule has 0 radical (unpaired) electrons. The molecule has 0 saturated heterocycles. The number of ketones is 1. The monoisotopic (exact) mass is 160 g/mol. The largest absolute Gasteiger partial charge is 0.389 e. The second-order valence-corrected chi connectivity index (χ2v) is 2.82. The van der Waals surface area contributed by atoms with Crippen LogP contribution in [-0.4, -0.2) is 17.0 Å². The topological polar surface area (TPSA) is 37.3 Å². The molecule has 1 aliphatic carbocycles. The molecule has 0 aromatic carbocycles. The Morgan fingerprint density at radius 1 is 1.60 bits per heavy atom. The lowest BCUT2D eigenvalue weighted by Crippen LogP contribution is -2.02. The molecule has 56 valence electrons. The van der Waals surface area contributed by atoms with E-state index in [-0.39, 0.29) is 10.8 Å². The number of halogens is 1. The molecule has 0 aromatic rings. The summed E-state index contributed by atoms with van der Waals surface area (Å²) in [6.07, 6.45) is 0.507. The van der Waals surface area contributed by atoms with Crippen LogP contribution < -0.4 is 0 Å². The molecule has 2 nitrogen and oxygen atoms in total. The van der Waals surface area contributed by atoms with Gasteiger partial charge in [-0.15, -0.1) is 0 Å². The normalized spacial score (nSPS) is 22.1. The van der Waals surface area contributed by atoms with E-state index in [1.807, 2.05) is 0 Å². The summed E-state index contributed by atoms with van der Waals surface area (Å²) >= 11 is 5.59. The quantitative estimate of drug-likeness (QED) is 0.627. The summed E-state index contributed by atoms with van der Waals surface area (Å²) < 4.78 is 0. The highest BCUT2D eigenvalue weighted by Gasteiger charge is 2.23. The van der Waals surface area contributed by atoms with Gasteiger partial charge in [0.25, 0.3) is 0 Å². The zero-order valence-electron chi connectivity index (χ0n) is 5.72. The van der Waals surface area contributed by atoms with E-state index in [1.54, 1.807) is 6.92 Å². The fraction of sp³-hybridized carbons (Fsp3) is 0.571. The highest BCUT2D eigenvalue weighted by molar-refractivity contribution is 6.43. The Hall–Kier alpha value is -0.340. The van der Waals surface area contributed by atoms with Gasteiger partial charge < -0.3 is 5.11 Å². The van der Waals surface area contributed by atoms with Crippen LogP contribution in [0.5, 0.6) is 0 Å². The average Bonchev–Trinajstić information content (AvgIpc) is 2.14. The SMILES string of the molecule is CC(O)C1=C(Cl)C(=O)CC1. The minimum Gasteiger partial charge on any atom is -0.389 e. The number of carbonyl (C=O) groups is 1. The number of hydrogen-bond acceptors (Lipinski definition) is 2. The van der Waals surface area contributed by atoms with Crippen LogP contribution in [0.15, 0.2) is 10.6 Å². The van der Waals surface area contributed by atoms with Gasteiger partial charge in [-0.25, -0.2) is 0 Å². The molecule has 1 aliphatic rings. The predicted molar refractivity (Wildman–Crippen MR) is 38.8 cm³/mol. The number of carbonyl (C=O) groups excluding carboxylic acids is 1. The van der Waals surface area contributed by atoms with Crippen LogP contribution in [0.3, 0.4) is 0 Å². The number of Topliss-reactive ketones (excluding diaryl/α,β-unsaturated/α-hetero) is 1. The van der Waals surface area contributed by atoms with Crippen molar-refractivity contribution in [3.05, 3.63) is 10.6 Å². The molecule has 1 N–H and O–H groups in total. The van der Waals surface area contributed by atoms with Crippen molar-refractivity contribution in [2.75, 3.05) is 0 Å². The van der Waals surface area contributed by atoms with Crippen LogP contribution >= 0.6 is 11.6 Å². The molecule has 0 amide bonds. The summed E-state index contributed by atoms with van der Waals surface area (Å²) in [4.78, 5) is 10.8. The molecular weight excluding hydrogens is 152 g/mol. The number of aliphatic hydroxyl groups excluding tert-OH is 1. The summed E-state index contributed by atoms with van der Waals surface area (Å²) in [6.45, 7) is 1.62. The van der Waals surface area contributed by atoms with E-state index in [0.29, 0.717) is 18.4 Å².